The normalized spacial score (nSPS) is 23.3. The molecule has 0 heterocycles. The quantitative estimate of drug-likeness (QED) is 0.228. The van der Waals surface area contributed by atoms with Crippen LogP contribution in [0.3, 0.4) is 0 Å². The maximum Gasteiger partial charge on any atom is 0.311 e. The van der Waals surface area contributed by atoms with Gasteiger partial charge in [0.2, 0.25) is 0 Å². The molecule has 2 bridgehead atoms. The zero-order valence-electron chi connectivity index (χ0n) is 21.3. The number of unbranched alkanes of at least 4 members (excludes halogenated alkanes) is 3. The molecule has 3 saturated carbocycles. The van der Waals surface area contributed by atoms with Gasteiger partial charge in [-0.15, -0.1) is 0 Å². The Morgan fingerprint density at radius 1 is 1.15 bits per heavy atom. The second-order valence-electron chi connectivity index (χ2n) is 11.5. The Labute approximate surface area is 203 Å². The average Bonchev–Trinajstić information content (AvgIpc) is 2.74. The molecule has 0 unspecified atom stereocenters. The Bertz CT molecular complexity index is 944. The third kappa shape index (κ3) is 5.31. The Kier molecular flexibility index (Phi) is 7.79. The van der Waals surface area contributed by atoms with Crippen molar-refractivity contribution in [1.29, 1.82) is 0 Å². The second-order valence-corrected chi connectivity index (χ2v) is 11.5. The highest BCUT2D eigenvalue weighted by molar-refractivity contribution is 5.86. The molecule has 0 aromatic heterocycles. The van der Waals surface area contributed by atoms with Gasteiger partial charge in [-0.3, -0.25) is 14.4 Å². The molecule has 0 radical (unpaired) electrons. The summed E-state index contributed by atoms with van der Waals surface area (Å²) in [4.78, 5) is 36.2. The fourth-order valence-electron chi connectivity index (χ4n) is 5.97. The molecule has 3 aliphatic rings. The van der Waals surface area contributed by atoms with Crippen LogP contribution in [-0.2, 0) is 19.8 Å². The number of fused-ring (bicyclic) bond motifs is 2. The van der Waals surface area contributed by atoms with E-state index in [9.17, 15) is 19.5 Å². The van der Waals surface area contributed by atoms with Crippen LogP contribution >= 0.6 is 0 Å². The lowest BCUT2D eigenvalue weighted by Crippen LogP contribution is -2.56. The molecule has 1 aromatic carbocycles. The fraction of sp³-hybridized carbons (Fsp3) is 0.679. The lowest BCUT2D eigenvalue weighted by Gasteiger charge is -2.59. The van der Waals surface area contributed by atoms with E-state index in [1.807, 2.05) is 6.07 Å². The molecule has 0 amide bonds. The molecule has 3 atom stereocenters. The summed E-state index contributed by atoms with van der Waals surface area (Å²) < 4.78 is 5.70. The summed E-state index contributed by atoms with van der Waals surface area (Å²) in [7, 11) is 0. The Morgan fingerprint density at radius 2 is 1.85 bits per heavy atom. The maximum atomic E-state index is 12.8. The third-order valence-corrected chi connectivity index (χ3v) is 8.33. The number of carbonyl (C=O) groups excluding carboxylic acids is 2. The summed E-state index contributed by atoms with van der Waals surface area (Å²) in [5.41, 5.74) is 0.988. The minimum Gasteiger partial charge on any atom is -0.508 e. The van der Waals surface area contributed by atoms with Gasteiger partial charge in [0.15, 0.2) is 0 Å². The summed E-state index contributed by atoms with van der Waals surface area (Å²) in [6.45, 7) is 10.6. The largest absolute Gasteiger partial charge is 0.508 e. The van der Waals surface area contributed by atoms with E-state index in [2.05, 4.69) is 34.6 Å². The predicted molar refractivity (Wildman–Crippen MR) is 130 cm³/mol. The topological polar surface area (TPSA) is 101 Å². The van der Waals surface area contributed by atoms with Crippen molar-refractivity contribution in [2.75, 3.05) is 0 Å². The number of aliphatic carboxylic acids is 1. The number of phenolic OH excluding ortho intramolecular Hbond substituents is 1. The minimum atomic E-state index is -1.07. The van der Waals surface area contributed by atoms with Gasteiger partial charge < -0.3 is 14.9 Å². The maximum absolute atomic E-state index is 12.8. The molecular weight excluding hydrogens is 432 g/mol. The molecule has 3 aliphatic carbocycles. The highest BCUT2D eigenvalue weighted by Gasteiger charge is 2.59. The first-order valence-corrected chi connectivity index (χ1v) is 12.7. The van der Waals surface area contributed by atoms with Crippen molar-refractivity contribution >= 4 is 17.7 Å². The summed E-state index contributed by atoms with van der Waals surface area (Å²) in [6.07, 6.45) is 6.01. The number of rotatable bonds is 11. The number of Topliss-reactive ketones (excluding diaryl/α,β-unsaturated/α-hetero) is 1. The average molecular weight is 473 g/mol. The van der Waals surface area contributed by atoms with E-state index in [1.54, 1.807) is 6.07 Å². The summed E-state index contributed by atoms with van der Waals surface area (Å²) in [6, 6.07) is 3.60. The Morgan fingerprint density at radius 3 is 2.44 bits per heavy atom. The number of ketones is 1. The predicted octanol–water partition coefficient (Wildman–Crippen LogP) is 6.13. The first-order chi connectivity index (χ1) is 15.9. The number of benzene rings is 1. The van der Waals surface area contributed by atoms with Crippen LogP contribution in [-0.4, -0.2) is 27.9 Å². The Hall–Kier alpha value is -2.37. The molecule has 4 rings (SSSR count). The molecular formula is C28H40O6. The van der Waals surface area contributed by atoms with Crippen molar-refractivity contribution in [2.45, 2.75) is 104 Å². The van der Waals surface area contributed by atoms with Crippen LogP contribution in [0.15, 0.2) is 12.1 Å². The molecule has 0 spiro atoms. The summed E-state index contributed by atoms with van der Waals surface area (Å²) in [5, 5.41) is 20.2. The van der Waals surface area contributed by atoms with Gasteiger partial charge in [0.1, 0.15) is 17.3 Å². The number of esters is 1. The monoisotopic (exact) mass is 472 g/mol. The van der Waals surface area contributed by atoms with Crippen molar-refractivity contribution in [2.24, 2.45) is 17.3 Å². The number of carboxylic acid groups (broad SMARTS) is 1. The van der Waals surface area contributed by atoms with Crippen LogP contribution in [0.2, 0.25) is 0 Å². The van der Waals surface area contributed by atoms with Gasteiger partial charge in [-0.1, -0.05) is 60.3 Å². The zero-order valence-corrected chi connectivity index (χ0v) is 21.3. The highest BCUT2D eigenvalue weighted by Crippen LogP contribution is 2.64. The second kappa shape index (κ2) is 10.1. The van der Waals surface area contributed by atoms with Crippen molar-refractivity contribution in [3.63, 3.8) is 0 Å². The van der Waals surface area contributed by atoms with E-state index in [1.165, 1.54) is 6.42 Å². The fourth-order valence-corrected chi connectivity index (χ4v) is 5.97. The molecule has 3 fully saturated rings. The molecule has 0 aliphatic heterocycles. The molecule has 1 aromatic rings. The number of ether oxygens (including phenoxy) is 1. The third-order valence-electron chi connectivity index (χ3n) is 8.33. The molecule has 6 heteroatoms. The van der Waals surface area contributed by atoms with E-state index in [4.69, 9.17) is 9.84 Å². The minimum absolute atomic E-state index is 0.0544. The standard InChI is InChI=1S/C28H40O6/c1-6-7-8-9-12-27(2,3)17-13-22(30)26(23(14-17)34-25(33)11-10-24(31)32)18-15-21(29)20-16-19(18)28(20,4)5/h13-14,18-20,30H,6-12,15-16H2,1-5H3,(H,31,32)/t18-,19+,20-/m0/s1. The van der Waals surface area contributed by atoms with Gasteiger partial charge in [0.25, 0.3) is 0 Å². The van der Waals surface area contributed by atoms with Gasteiger partial charge in [-0.25, -0.2) is 0 Å². The summed E-state index contributed by atoms with van der Waals surface area (Å²) >= 11 is 0. The van der Waals surface area contributed by atoms with Crippen LogP contribution in [0.4, 0.5) is 0 Å². The van der Waals surface area contributed by atoms with Gasteiger partial charge in [-0.05, 0) is 47.3 Å². The Balaban J connectivity index is 1.96. The van der Waals surface area contributed by atoms with Gasteiger partial charge in [0.05, 0.1) is 12.8 Å². The van der Waals surface area contributed by atoms with Gasteiger partial charge in [0, 0.05) is 23.8 Å². The zero-order chi connectivity index (χ0) is 25.3. The SMILES string of the molecule is CCCCCCC(C)(C)c1cc(O)c([C@H]2CC(=O)[C@@H]3C[C@H]2C3(C)C)c(OC(=O)CCC(=O)O)c1. The number of carboxylic acids is 1. The van der Waals surface area contributed by atoms with E-state index < -0.39 is 11.9 Å². The molecule has 188 valence electrons. The van der Waals surface area contributed by atoms with E-state index >= 15 is 0 Å². The number of hydrogen-bond donors (Lipinski definition) is 2. The molecule has 0 saturated heterocycles. The molecule has 34 heavy (non-hydrogen) atoms. The van der Waals surface area contributed by atoms with E-state index in [-0.39, 0.29) is 58.7 Å². The van der Waals surface area contributed by atoms with Crippen LogP contribution < -0.4 is 4.74 Å². The van der Waals surface area contributed by atoms with E-state index in [0.717, 1.165) is 37.7 Å². The van der Waals surface area contributed by atoms with Gasteiger partial charge in [-0.2, -0.15) is 0 Å². The molecule has 6 nitrogen and oxygen atoms in total. The van der Waals surface area contributed by atoms with Crippen molar-refractivity contribution in [3.8, 4) is 11.5 Å². The number of hydrogen-bond acceptors (Lipinski definition) is 5. The van der Waals surface area contributed by atoms with Crippen molar-refractivity contribution in [3.05, 3.63) is 23.3 Å². The number of aromatic hydroxyl groups is 1. The first-order valence-electron chi connectivity index (χ1n) is 12.7. The summed E-state index contributed by atoms with van der Waals surface area (Å²) in [5.74, 6) is -1.15. The van der Waals surface area contributed by atoms with Crippen molar-refractivity contribution in [1.82, 2.24) is 0 Å². The van der Waals surface area contributed by atoms with E-state index in [0.29, 0.717) is 12.0 Å². The first kappa shape index (κ1) is 26.2. The molecule has 2 N–H and O–H groups in total. The lowest BCUT2D eigenvalue weighted by atomic mass is 9.44. The van der Waals surface area contributed by atoms with Crippen LogP contribution in [0, 0.1) is 17.3 Å². The number of carbonyl (C=O) groups is 3. The number of phenols is 1. The van der Waals surface area contributed by atoms with Crippen LogP contribution in [0.5, 0.6) is 11.5 Å². The lowest BCUT2D eigenvalue weighted by molar-refractivity contribution is -0.151. The van der Waals surface area contributed by atoms with Gasteiger partial charge >= 0.3 is 11.9 Å². The van der Waals surface area contributed by atoms with Crippen LogP contribution in [0.25, 0.3) is 0 Å². The smallest absolute Gasteiger partial charge is 0.311 e. The van der Waals surface area contributed by atoms with Crippen molar-refractivity contribution < 1.29 is 29.3 Å². The van der Waals surface area contributed by atoms with Crippen LogP contribution in [0.1, 0.15) is 109 Å². The highest BCUT2D eigenvalue weighted by atomic mass is 16.5.